The van der Waals surface area contributed by atoms with E-state index in [9.17, 15) is 0 Å². The Hall–Kier alpha value is -0.770. The van der Waals surface area contributed by atoms with Crippen LogP contribution in [-0.2, 0) is 6.42 Å². The van der Waals surface area contributed by atoms with Crippen molar-refractivity contribution < 1.29 is 0 Å². The molecule has 2 atom stereocenters. The highest BCUT2D eigenvalue weighted by molar-refractivity contribution is 8.00. The molecule has 3 heteroatoms. The zero-order chi connectivity index (χ0) is 11.8. The Morgan fingerprint density at radius 3 is 2.82 bits per heavy atom. The minimum absolute atomic E-state index is 0.152. The van der Waals surface area contributed by atoms with Crippen molar-refractivity contribution in [2.24, 2.45) is 5.73 Å². The highest BCUT2D eigenvalue weighted by Crippen LogP contribution is 2.42. The zero-order valence-electron chi connectivity index (χ0n) is 9.72. The van der Waals surface area contributed by atoms with Gasteiger partial charge in [-0.3, -0.25) is 0 Å². The first-order valence-corrected chi connectivity index (χ1v) is 7.56. The van der Waals surface area contributed by atoms with Gasteiger partial charge < -0.3 is 5.73 Å². The maximum atomic E-state index is 6.41. The molecule has 1 aromatic heterocycles. The molecular formula is C14H15NS2. The van der Waals surface area contributed by atoms with E-state index < -0.39 is 0 Å². The molecule has 0 saturated heterocycles. The van der Waals surface area contributed by atoms with E-state index >= 15 is 0 Å². The van der Waals surface area contributed by atoms with Crippen LogP contribution in [0.25, 0.3) is 0 Å². The lowest BCUT2D eigenvalue weighted by molar-refractivity contribution is 0.677. The lowest BCUT2D eigenvalue weighted by Crippen LogP contribution is -2.23. The molecule has 88 valence electrons. The summed E-state index contributed by atoms with van der Waals surface area (Å²) in [4.78, 5) is 2.76. The number of nitrogens with two attached hydrogens (primary N) is 1. The van der Waals surface area contributed by atoms with Crippen molar-refractivity contribution in [3.8, 4) is 0 Å². The van der Waals surface area contributed by atoms with Gasteiger partial charge in [0.2, 0.25) is 0 Å². The van der Waals surface area contributed by atoms with Crippen molar-refractivity contribution in [1.29, 1.82) is 0 Å². The van der Waals surface area contributed by atoms with Gasteiger partial charge >= 0.3 is 0 Å². The summed E-state index contributed by atoms with van der Waals surface area (Å²) in [5.74, 6) is 0. The van der Waals surface area contributed by atoms with Crippen LogP contribution in [0.3, 0.4) is 0 Å². The first-order chi connectivity index (χ1) is 8.25. The van der Waals surface area contributed by atoms with Gasteiger partial charge in [0.15, 0.2) is 0 Å². The summed E-state index contributed by atoms with van der Waals surface area (Å²) < 4.78 is 0. The molecule has 1 nitrogen and oxygen atoms in total. The van der Waals surface area contributed by atoms with Crippen LogP contribution in [0.5, 0.6) is 0 Å². The first kappa shape index (κ1) is 11.3. The quantitative estimate of drug-likeness (QED) is 0.890. The molecule has 0 saturated carbocycles. The standard InChI is InChI=1S/C14H15NS2/c1-9-11(6-7-16-9)14(15)13-8-10-4-2-3-5-12(10)17-13/h2-7,13-14H,8,15H2,1H3. The maximum absolute atomic E-state index is 6.41. The van der Waals surface area contributed by atoms with Gasteiger partial charge in [0.1, 0.15) is 0 Å². The normalized spacial score (nSPS) is 20.2. The van der Waals surface area contributed by atoms with Gasteiger partial charge in [-0.25, -0.2) is 0 Å². The van der Waals surface area contributed by atoms with Gasteiger partial charge in [0.25, 0.3) is 0 Å². The molecule has 1 aliphatic heterocycles. The number of fused-ring (bicyclic) bond motifs is 1. The maximum Gasteiger partial charge on any atom is 0.0433 e. The van der Waals surface area contributed by atoms with E-state index in [4.69, 9.17) is 5.73 Å². The smallest absolute Gasteiger partial charge is 0.0433 e. The Kier molecular flexibility index (Phi) is 2.99. The topological polar surface area (TPSA) is 26.0 Å². The van der Waals surface area contributed by atoms with Crippen LogP contribution in [0, 0.1) is 6.92 Å². The van der Waals surface area contributed by atoms with Crippen LogP contribution in [0.1, 0.15) is 22.0 Å². The Balaban J connectivity index is 1.83. The summed E-state index contributed by atoms with van der Waals surface area (Å²) in [6.45, 7) is 2.16. The van der Waals surface area contributed by atoms with E-state index in [0.717, 1.165) is 6.42 Å². The second-order valence-electron chi connectivity index (χ2n) is 4.43. The second-order valence-corrected chi connectivity index (χ2v) is 6.83. The van der Waals surface area contributed by atoms with Crippen molar-refractivity contribution in [2.75, 3.05) is 0 Å². The Morgan fingerprint density at radius 1 is 1.29 bits per heavy atom. The first-order valence-electron chi connectivity index (χ1n) is 5.80. The van der Waals surface area contributed by atoms with E-state index in [1.807, 2.05) is 11.8 Å². The molecule has 2 aromatic rings. The number of hydrogen-bond acceptors (Lipinski definition) is 3. The molecular weight excluding hydrogens is 246 g/mol. The minimum Gasteiger partial charge on any atom is -0.323 e. The molecule has 2 unspecified atom stereocenters. The average Bonchev–Trinajstić information content (AvgIpc) is 2.93. The average molecular weight is 261 g/mol. The number of aryl methyl sites for hydroxylation is 1. The largest absolute Gasteiger partial charge is 0.323 e. The monoisotopic (exact) mass is 261 g/mol. The van der Waals surface area contributed by atoms with Gasteiger partial charge in [-0.05, 0) is 42.0 Å². The van der Waals surface area contributed by atoms with E-state index in [2.05, 4.69) is 42.6 Å². The van der Waals surface area contributed by atoms with Gasteiger partial charge in [0.05, 0.1) is 0 Å². The number of benzene rings is 1. The summed E-state index contributed by atoms with van der Waals surface area (Å²) >= 11 is 3.72. The van der Waals surface area contributed by atoms with E-state index in [0.29, 0.717) is 5.25 Å². The highest BCUT2D eigenvalue weighted by atomic mass is 32.2. The molecule has 17 heavy (non-hydrogen) atoms. The molecule has 0 radical (unpaired) electrons. The predicted molar refractivity (Wildman–Crippen MR) is 75.8 cm³/mol. The minimum atomic E-state index is 0.152. The third kappa shape index (κ3) is 2.03. The van der Waals surface area contributed by atoms with Gasteiger partial charge in [0, 0.05) is 21.1 Å². The number of rotatable bonds is 2. The summed E-state index contributed by atoms with van der Waals surface area (Å²) in [5.41, 5.74) is 9.18. The second kappa shape index (κ2) is 4.48. The van der Waals surface area contributed by atoms with Crippen LogP contribution in [-0.4, -0.2) is 5.25 Å². The van der Waals surface area contributed by atoms with E-state index in [1.165, 1.54) is 20.9 Å². The Labute approximate surface area is 110 Å². The number of hydrogen-bond donors (Lipinski definition) is 1. The van der Waals surface area contributed by atoms with Crippen LogP contribution in [0.15, 0.2) is 40.6 Å². The van der Waals surface area contributed by atoms with E-state index in [-0.39, 0.29) is 6.04 Å². The number of thioether (sulfide) groups is 1. The van der Waals surface area contributed by atoms with Crippen LogP contribution in [0.4, 0.5) is 0 Å². The van der Waals surface area contributed by atoms with Crippen LogP contribution < -0.4 is 5.73 Å². The molecule has 1 aliphatic rings. The third-order valence-corrected chi connectivity index (χ3v) is 5.61. The van der Waals surface area contributed by atoms with E-state index in [1.54, 1.807) is 11.3 Å². The molecule has 0 aliphatic carbocycles. The SMILES string of the molecule is Cc1sccc1C(N)C1Cc2ccccc2S1. The number of thiophene rings is 1. The molecule has 3 rings (SSSR count). The Bertz CT molecular complexity index is 508. The van der Waals surface area contributed by atoms with Crippen molar-refractivity contribution in [3.63, 3.8) is 0 Å². The molecule has 0 bridgehead atoms. The van der Waals surface area contributed by atoms with Crippen LogP contribution in [0.2, 0.25) is 0 Å². The van der Waals surface area contributed by atoms with Gasteiger partial charge in [-0.1, -0.05) is 18.2 Å². The summed E-state index contributed by atoms with van der Waals surface area (Å²) in [7, 11) is 0. The highest BCUT2D eigenvalue weighted by Gasteiger charge is 2.28. The van der Waals surface area contributed by atoms with Crippen molar-refractivity contribution >= 4 is 23.1 Å². The fraction of sp³-hybridized carbons (Fsp3) is 0.286. The lowest BCUT2D eigenvalue weighted by atomic mass is 10.0. The fourth-order valence-electron chi connectivity index (χ4n) is 2.35. The summed E-state index contributed by atoms with van der Waals surface area (Å²) in [6, 6.07) is 11.0. The van der Waals surface area contributed by atoms with Crippen molar-refractivity contribution in [3.05, 3.63) is 51.7 Å². The fourth-order valence-corrected chi connectivity index (χ4v) is 4.45. The molecule has 2 heterocycles. The van der Waals surface area contributed by atoms with Gasteiger partial charge in [-0.2, -0.15) is 0 Å². The van der Waals surface area contributed by atoms with Gasteiger partial charge in [-0.15, -0.1) is 23.1 Å². The summed E-state index contributed by atoms with van der Waals surface area (Å²) in [6.07, 6.45) is 1.09. The van der Waals surface area contributed by atoms with Crippen LogP contribution >= 0.6 is 23.1 Å². The molecule has 1 aromatic carbocycles. The third-order valence-electron chi connectivity index (χ3n) is 3.33. The molecule has 2 N–H and O–H groups in total. The lowest BCUT2D eigenvalue weighted by Gasteiger charge is -2.18. The molecule has 0 amide bonds. The predicted octanol–water partition coefficient (Wildman–Crippen LogP) is 3.77. The van der Waals surface area contributed by atoms with Crippen molar-refractivity contribution in [1.82, 2.24) is 0 Å². The summed E-state index contributed by atoms with van der Waals surface area (Å²) in [5, 5.41) is 2.62. The van der Waals surface area contributed by atoms with Crippen molar-refractivity contribution in [2.45, 2.75) is 29.5 Å². The zero-order valence-corrected chi connectivity index (χ0v) is 11.4. The molecule has 0 spiro atoms. The Morgan fingerprint density at radius 2 is 2.12 bits per heavy atom. The molecule has 0 fully saturated rings.